The average Bonchev–Trinajstić information content (AvgIpc) is 3.15. The minimum Gasteiger partial charge on any atom is -0.497 e. The number of rotatable bonds is 8. The molecule has 2 rings (SSSR count). The summed E-state index contributed by atoms with van der Waals surface area (Å²) in [7, 11) is 1.58. The van der Waals surface area contributed by atoms with Crippen molar-refractivity contribution in [3.05, 3.63) is 57.8 Å². The lowest BCUT2D eigenvalue weighted by atomic mass is 9.95. The third kappa shape index (κ3) is 6.63. The zero-order valence-corrected chi connectivity index (χ0v) is 16.8. The Hall–Kier alpha value is -3.36. The predicted molar refractivity (Wildman–Crippen MR) is 104 cm³/mol. The molecule has 0 fully saturated rings. The molecule has 0 spiro atoms. The molecule has 156 valence electrons. The highest BCUT2D eigenvalue weighted by molar-refractivity contribution is 5.89. The second-order valence-corrected chi connectivity index (χ2v) is 7.63. The van der Waals surface area contributed by atoms with E-state index in [9.17, 15) is 19.7 Å². The lowest BCUT2D eigenvalue weighted by molar-refractivity contribution is -0.402. The van der Waals surface area contributed by atoms with Gasteiger partial charge in [0.25, 0.3) is 5.91 Å². The summed E-state index contributed by atoms with van der Waals surface area (Å²) in [6, 6.07) is 9.51. The Morgan fingerprint density at radius 2 is 1.79 bits per heavy atom. The molecule has 9 nitrogen and oxygen atoms in total. The SMILES string of the molecule is COc1ccc(CN(CC(C)(C)C)C(=O)COC(=O)c2ccc([N+](=O)[O-])o2)cc1. The number of amides is 1. The van der Waals surface area contributed by atoms with Crippen LogP contribution in [0.4, 0.5) is 5.88 Å². The van der Waals surface area contributed by atoms with Gasteiger partial charge < -0.3 is 18.8 Å². The van der Waals surface area contributed by atoms with Crippen LogP contribution in [0.5, 0.6) is 5.75 Å². The molecule has 0 N–H and O–H groups in total. The van der Waals surface area contributed by atoms with Crippen molar-refractivity contribution in [1.82, 2.24) is 4.90 Å². The summed E-state index contributed by atoms with van der Waals surface area (Å²) < 4.78 is 14.9. The fraction of sp³-hybridized carbons (Fsp3) is 0.400. The van der Waals surface area contributed by atoms with Gasteiger partial charge in [0.2, 0.25) is 5.76 Å². The molecule has 0 aliphatic heterocycles. The Bertz CT molecular complexity index is 866. The number of furan rings is 1. The number of esters is 1. The Balaban J connectivity index is 2.03. The van der Waals surface area contributed by atoms with Gasteiger partial charge in [0.1, 0.15) is 10.7 Å². The van der Waals surface area contributed by atoms with Gasteiger partial charge in [0.15, 0.2) is 6.61 Å². The van der Waals surface area contributed by atoms with Crippen LogP contribution in [0.25, 0.3) is 0 Å². The van der Waals surface area contributed by atoms with Gasteiger partial charge in [-0.1, -0.05) is 32.9 Å². The maximum absolute atomic E-state index is 12.7. The van der Waals surface area contributed by atoms with Crippen LogP contribution < -0.4 is 4.74 Å². The average molecular weight is 404 g/mol. The number of nitro groups is 1. The van der Waals surface area contributed by atoms with Crippen molar-refractivity contribution in [3.63, 3.8) is 0 Å². The van der Waals surface area contributed by atoms with Crippen molar-refractivity contribution in [1.29, 1.82) is 0 Å². The first-order valence-corrected chi connectivity index (χ1v) is 8.91. The quantitative estimate of drug-likeness (QED) is 0.376. The maximum Gasteiger partial charge on any atom is 0.433 e. The summed E-state index contributed by atoms with van der Waals surface area (Å²) in [5.74, 6) is -1.51. The zero-order valence-electron chi connectivity index (χ0n) is 16.8. The largest absolute Gasteiger partial charge is 0.497 e. The number of carbonyl (C=O) groups is 2. The minimum atomic E-state index is -0.938. The van der Waals surface area contributed by atoms with Crippen LogP contribution in [-0.4, -0.2) is 42.0 Å². The van der Waals surface area contributed by atoms with E-state index in [2.05, 4.69) is 0 Å². The zero-order chi connectivity index (χ0) is 21.6. The van der Waals surface area contributed by atoms with E-state index in [0.717, 1.165) is 17.7 Å². The van der Waals surface area contributed by atoms with Crippen LogP contribution in [-0.2, 0) is 16.1 Å². The molecule has 9 heteroatoms. The summed E-state index contributed by atoms with van der Waals surface area (Å²) in [5.41, 5.74) is 0.727. The molecule has 1 amide bonds. The predicted octanol–water partition coefficient (Wildman–Crippen LogP) is 3.43. The molecule has 0 bridgehead atoms. The first-order valence-electron chi connectivity index (χ1n) is 8.91. The molecule has 0 atom stereocenters. The molecular weight excluding hydrogens is 380 g/mol. The molecule has 2 aromatic rings. The lowest BCUT2D eigenvalue weighted by Gasteiger charge is -2.30. The normalized spacial score (nSPS) is 11.0. The van der Waals surface area contributed by atoms with E-state index in [1.807, 2.05) is 32.9 Å². The Kier molecular flexibility index (Phi) is 6.98. The van der Waals surface area contributed by atoms with E-state index in [0.29, 0.717) is 18.8 Å². The lowest BCUT2D eigenvalue weighted by Crippen LogP contribution is -2.39. The topological polar surface area (TPSA) is 112 Å². The molecule has 0 aliphatic carbocycles. The van der Waals surface area contributed by atoms with Gasteiger partial charge in [-0.3, -0.25) is 14.9 Å². The fourth-order valence-corrected chi connectivity index (χ4v) is 2.58. The standard InChI is InChI=1S/C20H24N2O7/c1-20(2,3)13-21(11-14-5-7-15(27-4)8-6-14)17(23)12-28-19(24)16-9-10-18(29-16)22(25)26/h5-10H,11-13H2,1-4H3. The molecular formula is C20H24N2O7. The molecule has 0 radical (unpaired) electrons. The van der Waals surface area contributed by atoms with Crippen LogP contribution in [0.1, 0.15) is 36.9 Å². The van der Waals surface area contributed by atoms with Crippen molar-refractivity contribution in [2.75, 3.05) is 20.3 Å². The molecule has 1 heterocycles. The van der Waals surface area contributed by atoms with Crippen LogP contribution in [0.15, 0.2) is 40.8 Å². The monoisotopic (exact) mass is 404 g/mol. The van der Waals surface area contributed by atoms with E-state index in [1.54, 1.807) is 24.1 Å². The second kappa shape index (κ2) is 9.22. The smallest absolute Gasteiger partial charge is 0.433 e. The summed E-state index contributed by atoms with van der Waals surface area (Å²) in [6.45, 7) is 6.27. The van der Waals surface area contributed by atoms with E-state index in [4.69, 9.17) is 13.9 Å². The number of nitrogens with zero attached hydrogens (tertiary/aromatic N) is 2. The first kappa shape index (κ1) is 21.9. The Labute approximate surface area is 168 Å². The van der Waals surface area contributed by atoms with E-state index >= 15 is 0 Å². The molecule has 0 saturated carbocycles. The Morgan fingerprint density at radius 3 is 2.31 bits per heavy atom. The number of benzene rings is 1. The van der Waals surface area contributed by atoms with Crippen molar-refractivity contribution in [3.8, 4) is 5.75 Å². The van der Waals surface area contributed by atoms with E-state index < -0.39 is 23.4 Å². The number of hydrogen-bond acceptors (Lipinski definition) is 7. The first-order chi connectivity index (χ1) is 13.6. The fourth-order valence-electron chi connectivity index (χ4n) is 2.58. The third-order valence-electron chi connectivity index (χ3n) is 3.85. The number of carbonyl (C=O) groups excluding carboxylic acids is 2. The van der Waals surface area contributed by atoms with Crippen LogP contribution in [0.2, 0.25) is 0 Å². The maximum atomic E-state index is 12.7. The third-order valence-corrected chi connectivity index (χ3v) is 3.85. The molecule has 0 unspecified atom stereocenters. The highest BCUT2D eigenvalue weighted by atomic mass is 16.7. The van der Waals surface area contributed by atoms with E-state index in [-0.39, 0.29) is 17.1 Å². The highest BCUT2D eigenvalue weighted by Gasteiger charge is 2.24. The van der Waals surface area contributed by atoms with Gasteiger partial charge in [-0.05, 0) is 29.2 Å². The van der Waals surface area contributed by atoms with Crippen molar-refractivity contribution in [2.45, 2.75) is 27.3 Å². The van der Waals surface area contributed by atoms with Gasteiger partial charge >= 0.3 is 11.9 Å². The molecule has 1 aromatic heterocycles. The summed E-state index contributed by atoms with van der Waals surface area (Å²) in [4.78, 5) is 36.1. The van der Waals surface area contributed by atoms with Gasteiger partial charge in [-0.2, -0.15) is 0 Å². The van der Waals surface area contributed by atoms with Gasteiger partial charge in [-0.25, -0.2) is 4.79 Å². The molecule has 0 aliphatic rings. The summed E-state index contributed by atoms with van der Waals surface area (Å²) in [6.07, 6.45) is 0. The van der Waals surface area contributed by atoms with Crippen molar-refractivity contribution < 1.29 is 28.4 Å². The number of ether oxygens (including phenoxy) is 2. The summed E-state index contributed by atoms with van der Waals surface area (Å²) in [5, 5.41) is 10.6. The molecule has 1 aromatic carbocycles. The summed E-state index contributed by atoms with van der Waals surface area (Å²) >= 11 is 0. The van der Waals surface area contributed by atoms with Crippen LogP contribution in [0, 0.1) is 15.5 Å². The number of hydrogen-bond donors (Lipinski definition) is 0. The minimum absolute atomic E-state index is 0.173. The molecule has 0 saturated heterocycles. The van der Waals surface area contributed by atoms with E-state index in [1.165, 1.54) is 0 Å². The van der Waals surface area contributed by atoms with Crippen LogP contribution >= 0.6 is 0 Å². The highest BCUT2D eigenvalue weighted by Crippen LogP contribution is 2.20. The van der Waals surface area contributed by atoms with Crippen molar-refractivity contribution >= 4 is 17.8 Å². The van der Waals surface area contributed by atoms with Crippen LogP contribution in [0.3, 0.4) is 0 Å². The second-order valence-electron chi connectivity index (χ2n) is 7.63. The number of methoxy groups -OCH3 is 1. The molecule has 29 heavy (non-hydrogen) atoms. The Morgan fingerprint density at radius 1 is 1.14 bits per heavy atom. The van der Waals surface area contributed by atoms with Gasteiger partial charge in [0, 0.05) is 13.1 Å². The van der Waals surface area contributed by atoms with Crippen molar-refractivity contribution in [2.24, 2.45) is 5.41 Å². The van der Waals surface area contributed by atoms with Gasteiger partial charge in [0.05, 0.1) is 13.2 Å². The van der Waals surface area contributed by atoms with Gasteiger partial charge in [-0.15, -0.1) is 0 Å².